The van der Waals surface area contributed by atoms with Crippen LogP contribution in [0.1, 0.15) is 50.1 Å². The Kier molecular flexibility index (Phi) is 5.04. The van der Waals surface area contributed by atoms with Crippen LogP contribution in [0.25, 0.3) is 0 Å². The summed E-state index contributed by atoms with van der Waals surface area (Å²) in [5.74, 6) is 2.27. The van der Waals surface area contributed by atoms with Crippen LogP contribution in [-0.2, 0) is 4.74 Å². The maximum absolute atomic E-state index is 5.44. The quantitative estimate of drug-likeness (QED) is 0.781. The van der Waals surface area contributed by atoms with Gasteiger partial charge in [0.25, 0.3) is 0 Å². The predicted octanol–water partition coefficient (Wildman–Crippen LogP) is 4.29. The average Bonchev–Trinajstić information content (AvgIpc) is 3.47. The molecule has 6 heteroatoms. The molecule has 0 spiro atoms. The summed E-state index contributed by atoms with van der Waals surface area (Å²) in [6, 6.07) is 11.3. The third-order valence-electron chi connectivity index (χ3n) is 5.95. The Morgan fingerprint density at radius 2 is 1.68 bits per heavy atom. The van der Waals surface area contributed by atoms with E-state index < -0.39 is 0 Å². The molecule has 1 saturated heterocycles. The van der Waals surface area contributed by atoms with Gasteiger partial charge in [0.05, 0.1) is 18.9 Å². The molecular weight excluding hydrogens is 350 g/mol. The first kappa shape index (κ1) is 17.7. The van der Waals surface area contributed by atoms with Crippen molar-refractivity contribution >= 4 is 23.1 Å². The van der Waals surface area contributed by atoms with Crippen LogP contribution in [-0.4, -0.2) is 42.3 Å². The minimum atomic E-state index is 0.523. The van der Waals surface area contributed by atoms with Gasteiger partial charge in [-0.25, -0.2) is 4.98 Å². The van der Waals surface area contributed by atoms with E-state index >= 15 is 0 Å². The lowest BCUT2D eigenvalue weighted by molar-refractivity contribution is 0.122. The molecule has 2 aromatic rings. The number of rotatable bonds is 6. The zero-order valence-electron chi connectivity index (χ0n) is 16.4. The molecule has 0 amide bonds. The van der Waals surface area contributed by atoms with E-state index in [1.54, 1.807) is 0 Å². The Hall–Kier alpha value is -2.34. The van der Waals surface area contributed by atoms with E-state index in [-0.39, 0.29) is 0 Å². The van der Waals surface area contributed by atoms with Crippen LogP contribution in [0.4, 0.5) is 23.1 Å². The van der Waals surface area contributed by atoms with Crippen molar-refractivity contribution in [3.8, 4) is 0 Å². The van der Waals surface area contributed by atoms with E-state index in [2.05, 4.69) is 45.9 Å². The second-order valence-corrected chi connectivity index (χ2v) is 8.17. The first-order valence-corrected chi connectivity index (χ1v) is 10.7. The summed E-state index contributed by atoms with van der Waals surface area (Å²) in [6.45, 7) is 3.53. The molecular formula is C22H29N5O. The van der Waals surface area contributed by atoms with Gasteiger partial charge in [-0.05, 0) is 49.9 Å². The predicted molar refractivity (Wildman–Crippen MR) is 113 cm³/mol. The Labute approximate surface area is 166 Å². The minimum absolute atomic E-state index is 0.523. The molecule has 1 aromatic carbocycles. The van der Waals surface area contributed by atoms with Crippen LogP contribution < -0.4 is 15.5 Å². The van der Waals surface area contributed by atoms with E-state index in [9.17, 15) is 0 Å². The van der Waals surface area contributed by atoms with E-state index in [4.69, 9.17) is 14.7 Å². The molecule has 3 fully saturated rings. The zero-order valence-corrected chi connectivity index (χ0v) is 16.4. The molecule has 6 nitrogen and oxygen atoms in total. The van der Waals surface area contributed by atoms with Crippen molar-refractivity contribution in [3.63, 3.8) is 0 Å². The monoisotopic (exact) mass is 379 g/mol. The average molecular weight is 380 g/mol. The van der Waals surface area contributed by atoms with Crippen LogP contribution in [0, 0.1) is 0 Å². The third-order valence-corrected chi connectivity index (χ3v) is 5.95. The van der Waals surface area contributed by atoms with Crippen molar-refractivity contribution in [1.29, 1.82) is 0 Å². The van der Waals surface area contributed by atoms with E-state index in [0.29, 0.717) is 12.0 Å². The van der Waals surface area contributed by atoms with Gasteiger partial charge in [0.15, 0.2) is 0 Å². The lowest BCUT2D eigenvalue weighted by Gasteiger charge is -2.28. The first-order chi connectivity index (χ1) is 13.8. The van der Waals surface area contributed by atoms with Gasteiger partial charge in [0.2, 0.25) is 5.95 Å². The summed E-state index contributed by atoms with van der Waals surface area (Å²) in [4.78, 5) is 11.9. The van der Waals surface area contributed by atoms with Gasteiger partial charge >= 0.3 is 0 Å². The molecule has 148 valence electrons. The second-order valence-electron chi connectivity index (χ2n) is 8.17. The van der Waals surface area contributed by atoms with Crippen LogP contribution in [0.3, 0.4) is 0 Å². The SMILES string of the molecule is c1cc(N2CCOCC2)ccc1Nc1cc(C2CC2)nc(NC2CCCC2)n1. The summed E-state index contributed by atoms with van der Waals surface area (Å²) < 4.78 is 5.44. The standard InChI is InChI=1S/C22H29N5O/c1-2-4-17(3-1)24-22-25-20(16-5-6-16)15-21(26-22)23-18-7-9-19(10-8-18)27-11-13-28-14-12-27/h7-10,15-17H,1-6,11-14H2,(H2,23,24,25,26). The van der Waals surface area contributed by atoms with Gasteiger partial charge in [0.1, 0.15) is 5.82 Å². The molecule has 3 aliphatic rings. The molecule has 2 N–H and O–H groups in total. The minimum Gasteiger partial charge on any atom is -0.378 e. The summed E-state index contributed by atoms with van der Waals surface area (Å²) in [5, 5.41) is 7.05. The van der Waals surface area contributed by atoms with Gasteiger partial charge in [-0.2, -0.15) is 4.98 Å². The highest BCUT2D eigenvalue weighted by molar-refractivity contribution is 5.62. The smallest absolute Gasteiger partial charge is 0.225 e. The lowest BCUT2D eigenvalue weighted by Crippen LogP contribution is -2.36. The Morgan fingerprint density at radius 1 is 0.929 bits per heavy atom. The highest BCUT2D eigenvalue weighted by Crippen LogP contribution is 2.40. The molecule has 28 heavy (non-hydrogen) atoms. The Bertz CT molecular complexity index is 793. The first-order valence-electron chi connectivity index (χ1n) is 10.7. The summed E-state index contributed by atoms with van der Waals surface area (Å²) >= 11 is 0. The summed E-state index contributed by atoms with van der Waals surface area (Å²) in [7, 11) is 0. The summed E-state index contributed by atoms with van der Waals surface area (Å²) in [6.07, 6.45) is 7.55. The molecule has 5 rings (SSSR count). The van der Waals surface area contributed by atoms with E-state index in [0.717, 1.165) is 43.8 Å². The van der Waals surface area contributed by atoms with Gasteiger partial charge in [-0.15, -0.1) is 0 Å². The molecule has 0 bridgehead atoms. The van der Waals surface area contributed by atoms with Gasteiger partial charge in [0, 0.05) is 42.5 Å². The Balaban J connectivity index is 1.31. The number of nitrogens with one attached hydrogen (secondary N) is 2. The van der Waals surface area contributed by atoms with Crippen molar-refractivity contribution < 1.29 is 4.74 Å². The maximum atomic E-state index is 5.44. The van der Waals surface area contributed by atoms with Crippen molar-refractivity contribution in [2.45, 2.75) is 50.5 Å². The number of hydrogen-bond acceptors (Lipinski definition) is 6. The molecule has 0 atom stereocenters. The van der Waals surface area contributed by atoms with Crippen molar-refractivity contribution in [3.05, 3.63) is 36.0 Å². The number of nitrogens with zero attached hydrogens (tertiary/aromatic N) is 3. The number of ether oxygens (including phenoxy) is 1. The molecule has 1 aliphatic heterocycles. The van der Waals surface area contributed by atoms with Crippen molar-refractivity contribution in [1.82, 2.24) is 9.97 Å². The topological polar surface area (TPSA) is 62.3 Å². The number of hydrogen-bond donors (Lipinski definition) is 2. The Morgan fingerprint density at radius 3 is 2.39 bits per heavy atom. The van der Waals surface area contributed by atoms with Crippen molar-refractivity contribution in [2.24, 2.45) is 0 Å². The number of morpholine rings is 1. The fraction of sp³-hybridized carbons (Fsp3) is 0.545. The highest BCUT2D eigenvalue weighted by atomic mass is 16.5. The van der Waals surface area contributed by atoms with E-state index in [1.807, 2.05) is 0 Å². The molecule has 1 aromatic heterocycles. The highest BCUT2D eigenvalue weighted by Gasteiger charge is 2.27. The molecule has 2 saturated carbocycles. The van der Waals surface area contributed by atoms with Gasteiger partial charge in [-0.1, -0.05) is 12.8 Å². The molecule has 0 unspecified atom stereocenters. The molecule has 2 heterocycles. The van der Waals surface area contributed by atoms with Crippen molar-refractivity contribution in [2.75, 3.05) is 41.8 Å². The van der Waals surface area contributed by atoms with Gasteiger partial charge in [-0.3, -0.25) is 0 Å². The second kappa shape index (κ2) is 7.95. The number of aromatic nitrogens is 2. The largest absolute Gasteiger partial charge is 0.378 e. The third kappa shape index (κ3) is 4.22. The number of anilines is 4. The normalized spacial score (nSPS) is 20.4. The lowest BCUT2D eigenvalue weighted by atomic mass is 10.2. The fourth-order valence-corrected chi connectivity index (χ4v) is 4.16. The van der Waals surface area contributed by atoms with Crippen LogP contribution in [0.5, 0.6) is 0 Å². The van der Waals surface area contributed by atoms with Gasteiger partial charge < -0.3 is 20.3 Å². The fourth-order valence-electron chi connectivity index (χ4n) is 4.16. The maximum Gasteiger partial charge on any atom is 0.225 e. The van der Waals surface area contributed by atoms with Crippen LogP contribution >= 0.6 is 0 Å². The van der Waals surface area contributed by atoms with Crippen LogP contribution in [0.2, 0.25) is 0 Å². The number of benzene rings is 1. The molecule has 2 aliphatic carbocycles. The zero-order chi connectivity index (χ0) is 18.8. The van der Waals surface area contributed by atoms with Crippen LogP contribution in [0.15, 0.2) is 30.3 Å². The van der Waals surface area contributed by atoms with E-state index in [1.165, 1.54) is 49.9 Å². The molecule has 0 radical (unpaired) electrons. The summed E-state index contributed by atoms with van der Waals surface area (Å²) in [5.41, 5.74) is 3.48.